The molecule has 0 radical (unpaired) electrons. The van der Waals surface area contributed by atoms with E-state index in [-0.39, 0.29) is 17.8 Å². The number of halogens is 5. The summed E-state index contributed by atoms with van der Waals surface area (Å²) in [6, 6.07) is 5.27. The van der Waals surface area contributed by atoms with E-state index in [1.807, 2.05) is 6.07 Å². The third-order valence-corrected chi connectivity index (χ3v) is 4.18. The predicted molar refractivity (Wildman–Crippen MR) is 84.0 cm³/mol. The van der Waals surface area contributed by atoms with Crippen LogP contribution in [0, 0.1) is 40.7 Å². The average Bonchev–Trinajstić information content (AvgIpc) is 2.63. The second-order valence-corrected chi connectivity index (χ2v) is 5.90. The molecule has 1 aliphatic heterocycles. The lowest BCUT2D eigenvalue weighted by atomic mass is 10.0. The highest BCUT2D eigenvalue weighted by molar-refractivity contribution is 5.53. The van der Waals surface area contributed by atoms with Crippen LogP contribution in [0.1, 0.15) is 18.4 Å². The van der Waals surface area contributed by atoms with E-state index in [4.69, 9.17) is 5.26 Å². The Kier molecular flexibility index (Phi) is 4.93. The fourth-order valence-corrected chi connectivity index (χ4v) is 2.96. The standard InChI is InChI=1S/C17H13F5N4/c18-11-6-9(7-23)3-4-12(11)26-5-1-2-10(8-26)24-15-13(19)16(21)25-17(22)14(15)20/h3-4,6,10H,1-2,5,8H2,(H,24,25). The van der Waals surface area contributed by atoms with Gasteiger partial charge in [-0.3, -0.25) is 0 Å². The van der Waals surface area contributed by atoms with E-state index in [2.05, 4.69) is 10.3 Å². The Morgan fingerprint density at radius 1 is 1.12 bits per heavy atom. The molecular formula is C17H13F5N4. The van der Waals surface area contributed by atoms with E-state index in [1.54, 1.807) is 4.90 Å². The molecule has 0 saturated carbocycles. The molecule has 1 saturated heterocycles. The van der Waals surface area contributed by atoms with Crippen molar-refractivity contribution in [3.63, 3.8) is 0 Å². The molecule has 26 heavy (non-hydrogen) atoms. The highest BCUT2D eigenvalue weighted by atomic mass is 19.2. The van der Waals surface area contributed by atoms with Crippen LogP contribution in [0.5, 0.6) is 0 Å². The molecule has 1 unspecified atom stereocenters. The predicted octanol–water partition coefficient (Wildman–Crippen LogP) is 3.73. The molecule has 3 rings (SSSR count). The highest BCUT2D eigenvalue weighted by Gasteiger charge is 2.27. The number of aromatic nitrogens is 1. The van der Waals surface area contributed by atoms with Gasteiger partial charge in [0.1, 0.15) is 11.5 Å². The van der Waals surface area contributed by atoms with Gasteiger partial charge in [0.2, 0.25) is 11.6 Å². The molecule has 0 bridgehead atoms. The van der Waals surface area contributed by atoms with Crippen LogP contribution in [-0.2, 0) is 0 Å². The minimum Gasteiger partial charge on any atom is -0.375 e. The molecule has 1 aliphatic rings. The summed E-state index contributed by atoms with van der Waals surface area (Å²) in [6.45, 7) is 0.651. The van der Waals surface area contributed by atoms with Crippen LogP contribution in [0.25, 0.3) is 0 Å². The van der Waals surface area contributed by atoms with Crippen LogP contribution in [0.15, 0.2) is 18.2 Å². The van der Waals surface area contributed by atoms with Crippen molar-refractivity contribution in [3.8, 4) is 6.07 Å². The van der Waals surface area contributed by atoms with Crippen molar-refractivity contribution in [3.05, 3.63) is 53.1 Å². The lowest BCUT2D eigenvalue weighted by Gasteiger charge is -2.35. The Hall–Kier alpha value is -2.89. The molecule has 1 aromatic heterocycles. The van der Waals surface area contributed by atoms with Crippen LogP contribution in [-0.4, -0.2) is 24.1 Å². The normalized spacial score (nSPS) is 17.1. The maximum Gasteiger partial charge on any atom is 0.253 e. The SMILES string of the molecule is N#Cc1ccc(N2CCCC(Nc3c(F)c(F)nc(F)c3F)C2)c(F)c1. The molecule has 0 spiro atoms. The van der Waals surface area contributed by atoms with Crippen molar-refractivity contribution in [2.24, 2.45) is 0 Å². The molecule has 2 heterocycles. The van der Waals surface area contributed by atoms with E-state index in [0.29, 0.717) is 19.4 Å². The fraction of sp³-hybridized carbons (Fsp3) is 0.294. The topological polar surface area (TPSA) is 52.0 Å². The van der Waals surface area contributed by atoms with Crippen molar-refractivity contribution < 1.29 is 22.0 Å². The summed E-state index contributed by atoms with van der Waals surface area (Å²) >= 11 is 0. The molecular weight excluding hydrogens is 355 g/mol. The third kappa shape index (κ3) is 3.40. The molecule has 4 nitrogen and oxygen atoms in total. The van der Waals surface area contributed by atoms with Gasteiger partial charge in [0.25, 0.3) is 11.9 Å². The fourth-order valence-electron chi connectivity index (χ4n) is 2.96. The first kappa shape index (κ1) is 17.9. The number of rotatable bonds is 3. The minimum atomic E-state index is -1.74. The Labute approximate surface area is 145 Å². The quantitative estimate of drug-likeness (QED) is 0.663. The van der Waals surface area contributed by atoms with Crippen molar-refractivity contribution in [1.29, 1.82) is 5.26 Å². The number of benzene rings is 1. The number of nitrogens with one attached hydrogen (secondary N) is 1. The van der Waals surface area contributed by atoms with Gasteiger partial charge in [-0.05, 0) is 31.0 Å². The third-order valence-electron chi connectivity index (χ3n) is 4.18. The van der Waals surface area contributed by atoms with Gasteiger partial charge in [0, 0.05) is 19.1 Å². The minimum absolute atomic E-state index is 0.160. The van der Waals surface area contributed by atoms with Gasteiger partial charge < -0.3 is 10.2 Å². The number of hydrogen-bond acceptors (Lipinski definition) is 4. The van der Waals surface area contributed by atoms with Crippen LogP contribution in [0.4, 0.5) is 33.3 Å². The van der Waals surface area contributed by atoms with Crippen LogP contribution < -0.4 is 10.2 Å². The molecule has 2 aromatic rings. The van der Waals surface area contributed by atoms with E-state index >= 15 is 0 Å². The summed E-state index contributed by atoms with van der Waals surface area (Å²) < 4.78 is 68.1. The highest BCUT2D eigenvalue weighted by Crippen LogP contribution is 2.28. The number of anilines is 2. The second-order valence-electron chi connectivity index (χ2n) is 5.90. The summed E-state index contributed by atoms with van der Waals surface area (Å²) in [5, 5.41) is 11.2. The lowest BCUT2D eigenvalue weighted by Crippen LogP contribution is -2.43. The Bertz CT molecular complexity index is 854. The first-order valence-electron chi connectivity index (χ1n) is 7.81. The average molecular weight is 368 g/mol. The molecule has 1 fully saturated rings. The van der Waals surface area contributed by atoms with E-state index in [0.717, 1.165) is 6.07 Å². The molecule has 0 amide bonds. The lowest BCUT2D eigenvalue weighted by molar-refractivity contribution is 0.407. The van der Waals surface area contributed by atoms with E-state index in [1.165, 1.54) is 12.1 Å². The van der Waals surface area contributed by atoms with Crippen molar-refractivity contribution >= 4 is 11.4 Å². The van der Waals surface area contributed by atoms with Crippen LogP contribution in [0.2, 0.25) is 0 Å². The van der Waals surface area contributed by atoms with Gasteiger partial charge >= 0.3 is 0 Å². The van der Waals surface area contributed by atoms with Crippen LogP contribution in [0.3, 0.4) is 0 Å². The van der Waals surface area contributed by atoms with Gasteiger partial charge in [-0.25, -0.2) is 4.39 Å². The zero-order valence-corrected chi connectivity index (χ0v) is 13.4. The number of nitriles is 1. The molecule has 9 heteroatoms. The summed E-state index contributed by atoms with van der Waals surface area (Å²) in [7, 11) is 0. The van der Waals surface area contributed by atoms with E-state index in [9.17, 15) is 22.0 Å². The number of piperidine rings is 1. The number of hydrogen-bond donors (Lipinski definition) is 1. The number of nitrogens with zero attached hydrogens (tertiary/aromatic N) is 3. The Morgan fingerprint density at radius 2 is 1.81 bits per heavy atom. The van der Waals surface area contributed by atoms with Crippen LogP contribution >= 0.6 is 0 Å². The first-order chi connectivity index (χ1) is 12.4. The zero-order valence-electron chi connectivity index (χ0n) is 13.4. The second kappa shape index (κ2) is 7.15. The Morgan fingerprint density at radius 3 is 2.42 bits per heavy atom. The first-order valence-corrected chi connectivity index (χ1v) is 7.81. The van der Waals surface area contributed by atoms with Crippen molar-refractivity contribution in [2.75, 3.05) is 23.3 Å². The van der Waals surface area contributed by atoms with Crippen molar-refractivity contribution in [2.45, 2.75) is 18.9 Å². The van der Waals surface area contributed by atoms with Gasteiger partial charge in [-0.2, -0.15) is 27.8 Å². The summed E-state index contributed by atoms with van der Waals surface area (Å²) in [5.41, 5.74) is -0.518. The zero-order chi connectivity index (χ0) is 18.8. The summed E-state index contributed by atoms with van der Waals surface area (Å²) in [5.74, 6) is -7.28. The van der Waals surface area contributed by atoms with E-state index < -0.39 is 41.1 Å². The van der Waals surface area contributed by atoms with Gasteiger partial charge in [0.15, 0.2) is 0 Å². The maximum absolute atomic E-state index is 14.2. The summed E-state index contributed by atoms with van der Waals surface area (Å²) in [4.78, 5) is 4.15. The molecule has 1 N–H and O–H groups in total. The molecule has 1 aromatic carbocycles. The molecule has 1 atom stereocenters. The Balaban J connectivity index is 1.81. The van der Waals surface area contributed by atoms with Crippen molar-refractivity contribution in [1.82, 2.24) is 4.98 Å². The molecule has 0 aliphatic carbocycles. The maximum atomic E-state index is 14.2. The smallest absolute Gasteiger partial charge is 0.253 e. The summed E-state index contributed by atoms with van der Waals surface area (Å²) in [6.07, 6.45) is 1.04. The monoisotopic (exact) mass is 368 g/mol. The van der Waals surface area contributed by atoms with Gasteiger partial charge in [0.05, 0.1) is 17.3 Å². The number of pyridine rings is 1. The van der Waals surface area contributed by atoms with Gasteiger partial charge in [-0.15, -0.1) is 0 Å². The largest absolute Gasteiger partial charge is 0.375 e. The van der Waals surface area contributed by atoms with Gasteiger partial charge in [-0.1, -0.05) is 0 Å². The molecule has 136 valence electrons.